The summed E-state index contributed by atoms with van der Waals surface area (Å²) in [4.78, 5) is 13.8. The van der Waals surface area contributed by atoms with Crippen molar-refractivity contribution in [2.75, 3.05) is 11.4 Å². The summed E-state index contributed by atoms with van der Waals surface area (Å²) in [6.45, 7) is 1.91. The van der Waals surface area contributed by atoms with Crippen molar-refractivity contribution in [3.8, 4) is 0 Å². The number of hydrogen-bond donors (Lipinski definition) is 1. The molecule has 1 aliphatic rings. The molecule has 25 heavy (non-hydrogen) atoms. The lowest BCUT2D eigenvalue weighted by Gasteiger charge is -2.18. The van der Waals surface area contributed by atoms with Gasteiger partial charge in [-0.1, -0.05) is 0 Å². The monoisotopic (exact) mass is 366 g/mol. The third kappa shape index (κ3) is 3.54. The molecule has 5 nitrogen and oxygen atoms in total. The van der Waals surface area contributed by atoms with E-state index in [4.69, 9.17) is 0 Å². The van der Waals surface area contributed by atoms with Crippen LogP contribution in [-0.2, 0) is 14.8 Å². The number of benzene rings is 2. The largest absolute Gasteiger partial charge is 0.311 e. The summed E-state index contributed by atoms with van der Waals surface area (Å²) in [5.74, 6) is -1.32. The molecule has 0 bridgehead atoms. The van der Waals surface area contributed by atoms with Gasteiger partial charge in [0.05, 0.1) is 4.90 Å². The van der Waals surface area contributed by atoms with Gasteiger partial charge in [-0.25, -0.2) is 17.2 Å². The first kappa shape index (κ1) is 17.5. The van der Waals surface area contributed by atoms with E-state index in [1.807, 2.05) is 0 Å². The van der Waals surface area contributed by atoms with E-state index in [1.54, 1.807) is 13.0 Å². The van der Waals surface area contributed by atoms with Crippen molar-refractivity contribution in [2.45, 2.75) is 24.3 Å². The van der Waals surface area contributed by atoms with Crippen molar-refractivity contribution in [2.24, 2.45) is 0 Å². The second kappa shape index (κ2) is 6.53. The van der Waals surface area contributed by atoms with Crippen molar-refractivity contribution in [3.63, 3.8) is 0 Å². The predicted octanol–water partition coefficient (Wildman–Crippen LogP) is 2.36. The minimum atomic E-state index is -3.94. The second-order valence-electron chi connectivity index (χ2n) is 5.84. The van der Waals surface area contributed by atoms with Crippen LogP contribution in [0.25, 0.3) is 0 Å². The van der Waals surface area contributed by atoms with Crippen LogP contribution >= 0.6 is 0 Å². The third-order valence-electron chi connectivity index (χ3n) is 4.08. The van der Waals surface area contributed by atoms with Gasteiger partial charge in [0.1, 0.15) is 17.7 Å². The van der Waals surface area contributed by atoms with Crippen LogP contribution in [0.3, 0.4) is 0 Å². The van der Waals surface area contributed by atoms with Crippen molar-refractivity contribution in [3.05, 3.63) is 59.7 Å². The Morgan fingerprint density at radius 1 is 1.12 bits per heavy atom. The summed E-state index contributed by atoms with van der Waals surface area (Å²) in [5, 5.41) is 0. The van der Waals surface area contributed by atoms with Gasteiger partial charge in [0.15, 0.2) is 0 Å². The molecule has 2 aromatic carbocycles. The lowest BCUT2D eigenvalue weighted by atomic mass is 10.2. The topological polar surface area (TPSA) is 66.5 Å². The van der Waals surface area contributed by atoms with Gasteiger partial charge in [0, 0.05) is 12.2 Å². The van der Waals surface area contributed by atoms with Crippen LogP contribution in [-0.4, -0.2) is 26.9 Å². The highest BCUT2D eigenvalue weighted by Gasteiger charge is 2.35. The Kier molecular flexibility index (Phi) is 4.57. The summed E-state index contributed by atoms with van der Waals surface area (Å²) in [7, 11) is -3.94. The highest BCUT2D eigenvalue weighted by Crippen LogP contribution is 2.24. The van der Waals surface area contributed by atoms with Gasteiger partial charge in [-0.05, 0) is 61.4 Å². The lowest BCUT2D eigenvalue weighted by molar-refractivity contribution is -0.118. The standard InChI is InChI=1S/C17H16F2N2O3S/c1-11-10-13(4-7-15(11)19)21-9-8-16(17(21)22)20-25(23,24)14-5-2-12(18)3-6-14/h2-7,10,16,20H,8-9H2,1H3/t16-/m0/s1. The molecule has 0 aliphatic carbocycles. The molecule has 0 aromatic heterocycles. The smallest absolute Gasteiger partial charge is 0.245 e. The molecule has 132 valence electrons. The molecule has 1 atom stereocenters. The molecule has 1 N–H and O–H groups in total. The lowest BCUT2D eigenvalue weighted by Crippen LogP contribution is -2.41. The maximum Gasteiger partial charge on any atom is 0.245 e. The molecule has 0 spiro atoms. The van der Waals surface area contributed by atoms with Crippen molar-refractivity contribution in [1.82, 2.24) is 4.72 Å². The van der Waals surface area contributed by atoms with E-state index in [1.165, 1.54) is 17.0 Å². The fourth-order valence-electron chi connectivity index (χ4n) is 2.71. The summed E-state index contributed by atoms with van der Waals surface area (Å²) in [6, 6.07) is 7.74. The maximum absolute atomic E-state index is 13.4. The fraction of sp³-hybridized carbons (Fsp3) is 0.235. The molecule has 1 fully saturated rings. The van der Waals surface area contributed by atoms with Gasteiger partial charge >= 0.3 is 0 Å². The number of carbonyl (C=O) groups is 1. The number of nitrogens with zero attached hydrogens (tertiary/aromatic N) is 1. The number of rotatable bonds is 4. The highest BCUT2D eigenvalue weighted by molar-refractivity contribution is 7.89. The Bertz CT molecular complexity index is 914. The van der Waals surface area contributed by atoms with E-state index in [-0.39, 0.29) is 17.1 Å². The van der Waals surface area contributed by atoms with Crippen molar-refractivity contribution in [1.29, 1.82) is 0 Å². The summed E-state index contributed by atoms with van der Waals surface area (Å²) < 4.78 is 53.3. The number of amides is 1. The van der Waals surface area contributed by atoms with Crippen LogP contribution in [0.5, 0.6) is 0 Å². The normalized spacial score (nSPS) is 18.0. The van der Waals surface area contributed by atoms with E-state index in [0.29, 0.717) is 17.8 Å². The van der Waals surface area contributed by atoms with Gasteiger partial charge in [0.25, 0.3) is 0 Å². The molecule has 1 amide bonds. The van der Waals surface area contributed by atoms with Crippen molar-refractivity contribution >= 4 is 21.6 Å². The minimum absolute atomic E-state index is 0.113. The van der Waals surface area contributed by atoms with E-state index in [9.17, 15) is 22.0 Å². The summed E-state index contributed by atoms with van der Waals surface area (Å²) in [6.07, 6.45) is 0.287. The number of nitrogens with one attached hydrogen (secondary N) is 1. The molecule has 1 heterocycles. The number of carbonyl (C=O) groups excluding carboxylic acids is 1. The highest BCUT2D eigenvalue weighted by atomic mass is 32.2. The Labute approximate surface area is 144 Å². The zero-order valence-electron chi connectivity index (χ0n) is 13.4. The molecule has 2 aromatic rings. The molecule has 0 radical (unpaired) electrons. The second-order valence-corrected chi connectivity index (χ2v) is 7.55. The van der Waals surface area contributed by atoms with Gasteiger partial charge < -0.3 is 4.90 Å². The molecule has 0 saturated carbocycles. The number of sulfonamides is 1. The first-order chi connectivity index (χ1) is 11.8. The average Bonchev–Trinajstić information content (AvgIpc) is 2.91. The van der Waals surface area contributed by atoms with Crippen LogP contribution in [0.4, 0.5) is 14.5 Å². The zero-order chi connectivity index (χ0) is 18.2. The van der Waals surface area contributed by atoms with E-state index in [0.717, 1.165) is 24.3 Å². The predicted molar refractivity (Wildman–Crippen MR) is 88.6 cm³/mol. The summed E-state index contributed by atoms with van der Waals surface area (Å²) >= 11 is 0. The average molecular weight is 366 g/mol. The number of aryl methyl sites for hydroxylation is 1. The van der Waals surface area contributed by atoms with E-state index >= 15 is 0 Å². The third-order valence-corrected chi connectivity index (χ3v) is 5.57. The van der Waals surface area contributed by atoms with Gasteiger partial charge in [-0.2, -0.15) is 4.72 Å². The van der Waals surface area contributed by atoms with E-state index < -0.39 is 27.8 Å². The Morgan fingerprint density at radius 2 is 1.80 bits per heavy atom. The minimum Gasteiger partial charge on any atom is -0.311 e. The Balaban J connectivity index is 1.77. The van der Waals surface area contributed by atoms with Gasteiger partial charge in [-0.3, -0.25) is 4.79 Å². The first-order valence-corrected chi connectivity index (χ1v) is 9.12. The van der Waals surface area contributed by atoms with Crippen LogP contribution < -0.4 is 9.62 Å². The number of halogens is 2. The molecule has 0 unspecified atom stereocenters. The maximum atomic E-state index is 13.4. The molecule has 1 saturated heterocycles. The van der Waals surface area contributed by atoms with Crippen LogP contribution in [0.1, 0.15) is 12.0 Å². The van der Waals surface area contributed by atoms with E-state index in [2.05, 4.69) is 4.72 Å². The van der Waals surface area contributed by atoms with Crippen molar-refractivity contribution < 1.29 is 22.0 Å². The number of hydrogen-bond acceptors (Lipinski definition) is 3. The Hall–Kier alpha value is -2.32. The fourth-order valence-corrected chi connectivity index (χ4v) is 3.94. The quantitative estimate of drug-likeness (QED) is 0.903. The molecule has 8 heteroatoms. The SMILES string of the molecule is Cc1cc(N2CC[C@H](NS(=O)(=O)c3ccc(F)cc3)C2=O)ccc1F. The van der Waals surface area contributed by atoms with Crippen LogP contribution in [0.2, 0.25) is 0 Å². The van der Waals surface area contributed by atoms with Crippen LogP contribution in [0, 0.1) is 18.6 Å². The van der Waals surface area contributed by atoms with Gasteiger partial charge in [-0.15, -0.1) is 0 Å². The molecule has 3 rings (SSSR count). The Morgan fingerprint density at radius 3 is 2.44 bits per heavy atom. The molecular weight excluding hydrogens is 350 g/mol. The van der Waals surface area contributed by atoms with Gasteiger partial charge in [0.2, 0.25) is 15.9 Å². The number of anilines is 1. The molecular formula is C17H16F2N2O3S. The molecule has 1 aliphatic heterocycles. The van der Waals surface area contributed by atoms with Crippen LogP contribution in [0.15, 0.2) is 47.4 Å². The summed E-state index contributed by atoms with van der Waals surface area (Å²) in [5.41, 5.74) is 0.924. The zero-order valence-corrected chi connectivity index (χ0v) is 14.2. The first-order valence-electron chi connectivity index (χ1n) is 7.63.